The highest BCUT2D eigenvalue weighted by Crippen LogP contribution is 2.11. The normalized spacial score (nSPS) is 9.88. The second-order valence-electron chi connectivity index (χ2n) is 4.99. The number of rotatable bonds is 7. The summed E-state index contributed by atoms with van der Waals surface area (Å²) in [6.45, 7) is 0.692. The van der Waals surface area contributed by atoms with Crippen LogP contribution in [-0.4, -0.2) is 29.8 Å². The van der Waals surface area contributed by atoms with E-state index in [0.29, 0.717) is 11.7 Å². The Morgan fingerprint density at radius 1 is 1.12 bits per heavy atom. The Bertz CT molecular complexity index is 687. The highest BCUT2D eigenvalue weighted by Gasteiger charge is 2.02. The van der Waals surface area contributed by atoms with Crippen molar-refractivity contribution in [2.45, 2.75) is 6.42 Å². The van der Waals surface area contributed by atoms with Gasteiger partial charge >= 0.3 is 5.97 Å². The van der Waals surface area contributed by atoms with Gasteiger partial charge < -0.3 is 15.2 Å². The molecular weight excluding hydrogens is 326 g/mol. The van der Waals surface area contributed by atoms with Crippen LogP contribution >= 0.6 is 12.2 Å². The number of hydrogen-bond acceptors (Lipinski definition) is 4. The molecule has 126 valence electrons. The Hall–Kier alpha value is -2.80. The van der Waals surface area contributed by atoms with E-state index in [0.717, 1.165) is 17.9 Å². The average molecular weight is 345 g/mol. The fraction of sp³-hybridized carbons (Fsp3) is 0.176. The second kappa shape index (κ2) is 8.73. The van der Waals surface area contributed by atoms with Crippen molar-refractivity contribution in [3.63, 3.8) is 0 Å². The van der Waals surface area contributed by atoms with Crippen LogP contribution < -0.4 is 20.9 Å². The highest BCUT2D eigenvalue weighted by molar-refractivity contribution is 7.80. The van der Waals surface area contributed by atoms with Crippen LogP contribution in [0.2, 0.25) is 0 Å². The predicted octanol–water partition coefficient (Wildman–Crippen LogP) is 2.43. The molecule has 0 heterocycles. The number of benzene rings is 2. The van der Waals surface area contributed by atoms with E-state index in [1.54, 1.807) is 19.2 Å². The van der Waals surface area contributed by atoms with Gasteiger partial charge in [-0.1, -0.05) is 12.1 Å². The van der Waals surface area contributed by atoms with Gasteiger partial charge in [0.2, 0.25) is 0 Å². The molecule has 0 aliphatic heterocycles. The van der Waals surface area contributed by atoms with Crippen LogP contribution in [0.5, 0.6) is 5.75 Å². The van der Waals surface area contributed by atoms with Crippen LogP contribution in [0.4, 0.5) is 5.69 Å². The summed E-state index contributed by atoms with van der Waals surface area (Å²) in [6, 6.07) is 14.2. The summed E-state index contributed by atoms with van der Waals surface area (Å²) in [5, 5.41) is 12.4. The molecule has 0 fully saturated rings. The van der Waals surface area contributed by atoms with E-state index in [1.807, 2.05) is 24.3 Å². The van der Waals surface area contributed by atoms with Crippen molar-refractivity contribution >= 4 is 29.0 Å². The Morgan fingerprint density at radius 2 is 1.79 bits per heavy atom. The average Bonchev–Trinajstić information content (AvgIpc) is 2.61. The number of carboxylic acid groups (broad SMARTS) is 1. The number of thiocarbonyl (C=S) groups is 1. The van der Waals surface area contributed by atoms with Gasteiger partial charge in [-0.05, 0) is 60.6 Å². The lowest BCUT2D eigenvalue weighted by molar-refractivity contribution is 0.0697. The number of aromatic carboxylic acids is 1. The van der Waals surface area contributed by atoms with Crippen LogP contribution in [0.3, 0.4) is 0 Å². The Morgan fingerprint density at radius 3 is 2.38 bits per heavy atom. The van der Waals surface area contributed by atoms with Crippen molar-refractivity contribution in [2.24, 2.45) is 0 Å². The maximum absolute atomic E-state index is 10.8. The number of nitrogens with one attached hydrogen (secondary N) is 3. The quantitative estimate of drug-likeness (QED) is 0.453. The van der Waals surface area contributed by atoms with Gasteiger partial charge in [0.15, 0.2) is 5.11 Å². The maximum atomic E-state index is 10.8. The smallest absolute Gasteiger partial charge is 0.335 e. The molecular formula is C17H19N3O3S. The molecule has 0 spiro atoms. The van der Waals surface area contributed by atoms with Gasteiger partial charge in [0.1, 0.15) is 5.75 Å². The van der Waals surface area contributed by atoms with Crippen LogP contribution in [0, 0.1) is 0 Å². The van der Waals surface area contributed by atoms with Gasteiger partial charge in [0.25, 0.3) is 0 Å². The minimum atomic E-state index is -0.953. The number of hydrazine groups is 1. The molecule has 0 saturated carbocycles. The summed E-state index contributed by atoms with van der Waals surface area (Å²) in [5.74, 6) is -0.118. The minimum Gasteiger partial charge on any atom is -0.497 e. The third kappa shape index (κ3) is 5.44. The molecule has 4 N–H and O–H groups in total. The fourth-order valence-corrected chi connectivity index (χ4v) is 2.13. The summed E-state index contributed by atoms with van der Waals surface area (Å²) < 4.78 is 5.12. The van der Waals surface area contributed by atoms with E-state index in [9.17, 15) is 4.79 Å². The second-order valence-corrected chi connectivity index (χ2v) is 5.39. The number of carbonyl (C=O) groups is 1. The molecule has 0 radical (unpaired) electrons. The van der Waals surface area contributed by atoms with Crippen molar-refractivity contribution in [3.8, 4) is 5.75 Å². The number of ether oxygens (including phenoxy) is 1. The third-order valence-electron chi connectivity index (χ3n) is 3.31. The zero-order valence-electron chi connectivity index (χ0n) is 13.2. The minimum absolute atomic E-state index is 0.237. The third-order valence-corrected chi connectivity index (χ3v) is 3.56. The molecule has 0 aromatic heterocycles. The lowest BCUT2D eigenvalue weighted by Gasteiger charge is -2.12. The number of methoxy groups -OCH3 is 1. The van der Waals surface area contributed by atoms with E-state index in [1.165, 1.54) is 17.7 Å². The first kappa shape index (κ1) is 17.6. The number of hydrogen-bond donors (Lipinski definition) is 4. The van der Waals surface area contributed by atoms with Crippen molar-refractivity contribution in [3.05, 3.63) is 59.7 Å². The summed E-state index contributed by atoms with van der Waals surface area (Å²) in [5.41, 5.74) is 7.91. The van der Waals surface area contributed by atoms with E-state index < -0.39 is 5.97 Å². The van der Waals surface area contributed by atoms with Crippen molar-refractivity contribution in [1.82, 2.24) is 10.7 Å². The molecule has 24 heavy (non-hydrogen) atoms. The van der Waals surface area contributed by atoms with E-state index >= 15 is 0 Å². The topological polar surface area (TPSA) is 82.6 Å². The Labute approximate surface area is 145 Å². The van der Waals surface area contributed by atoms with Crippen LogP contribution in [-0.2, 0) is 6.42 Å². The molecule has 7 heteroatoms. The van der Waals surface area contributed by atoms with Gasteiger partial charge in [-0.25, -0.2) is 4.79 Å². The largest absolute Gasteiger partial charge is 0.497 e. The molecule has 2 aromatic rings. The van der Waals surface area contributed by atoms with E-state index in [-0.39, 0.29) is 5.56 Å². The molecule has 0 atom stereocenters. The first-order valence-corrected chi connectivity index (χ1v) is 7.75. The molecule has 0 amide bonds. The Kier molecular flexibility index (Phi) is 6.39. The van der Waals surface area contributed by atoms with E-state index in [2.05, 4.69) is 16.2 Å². The van der Waals surface area contributed by atoms with Gasteiger partial charge in [-0.15, -0.1) is 0 Å². The first-order valence-electron chi connectivity index (χ1n) is 7.34. The monoisotopic (exact) mass is 345 g/mol. The molecule has 2 aromatic carbocycles. The molecule has 0 bridgehead atoms. The summed E-state index contributed by atoms with van der Waals surface area (Å²) in [4.78, 5) is 10.8. The molecule has 0 aliphatic rings. The maximum Gasteiger partial charge on any atom is 0.335 e. The van der Waals surface area contributed by atoms with Gasteiger partial charge in [0, 0.05) is 6.54 Å². The lowest BCUT2D eigenvalue weighted by atomic mass is 10.1. The van der Waals surface area contributed by atoms with Crippen molar-refractivity contribution in [1.29, 1.82) is 0 Å². The zero-order chi connectivity index (χ0) is 17.4. The lowest BCUT2D eigenvalue weighted by Crippen LogP contribution is -2.39. The highest BCUT2D eigenvalue weighted by atomic mass is 32.1. The van der Waals surface area contributed by atoms with Gasteiger partial charge in [-0.2, -0.15) is 0 Å². The first-order chi connectivity index (χ1) is 11.6. The molecule has 6 nitrogen and oxygen atoms in total. The SMILES string of the molecule is COc1ccc(CCNC(=S)NNc2ccc(C(=O)O)cc2)cc1. The van der Waals surface area contributed by atoms with Gasteiger partial charge in [-0.3, -0.25) is 10.9 Å². The summed E-state index contributed by atoms with van der Waals surface area (Å²) in [6.07, 6.45) is 0.832. The van der Waals surface area contributed by atoms with E-state index in [4.69, 9.17) is 22.1 Å². The molecule has 0 aliphatic carbocycles. The standard InChI is InChI=1S/C17H19N3O3S/c1-23-15-8-2-12(3-9-15)10-11-18-17(24)20-19-14-6-4-13(5-7-14)16(21)22/h2-9,19H,10-11H2,1H3,(H,21,22)(H2,18,20,24). The fourth-order valence-electron chi connectivity index (χ4n) is 1.98. The van der Waals surface area contributed by atoms with Gasteiger partial charge in [0.05, 0.1) is 18.4 Å². The van der Waals surface area contributed by atoms with Crippen LogP contribution in [0.15, 0.2) is 48.5 Å². The van der Waals surface area contributed by atoms with Crippen molar-refractivity contribution < 1.29 is 14.6 Å². The molecule has 2 rings (SSSR count). The predicted molar refractivity (Wildman–Crippen MR) is 97.5 cm³/mol. The number of carboxylic acids is 1. The number of anilines is 1. The molecule has 0 saturated heterocycles. The van der Waals surface area contributed by atoms with Crippen LogP contribution in [0.1, 0.15) is 15.9 Å². The summed E-state index contributed by atoms with van der Waals surface area (Å²) in [7, 11) is 1.64. The summed E-state index contributed by atoms with van der Waals surface area (Å²) >= 11 is 5.18. The molecule has 0 unspecified atom stereocenters. The Balaban J connectivity index is 1.70. The van der Waals surface area contributed by atoms with Crippen LogP contribution in [0.25, 0.3) is 0 Å². The van der Waals surface area contributed by atoms with Crippen molar-refractivity contribution in [2.75, 3.05) is 19.1 Å². The zero-order valence-corrected chi connectivity index (χ0v) is 14.0.